The van der Waals surface area contributed by atoms with Gasteiger partial charge in [0.1, 0.15) is 6.04 Å². The summed E-state index contributed by atoms with van der Waals surface area (Å²) >= 11 is 12.1. The van der Waals surface area contributed by atoms with E-state index in [4.69, 9.17) is 23.2 Å². The minimum atomic E-state index is -6.05. The quantitative estimate of drug-likeness (QED) is 0.0769. The van der Waals surface area contributed by atoms with E-state index in [1.165, 1.54) is 42.9 Å². The molecule has 2 fully saturated rings. The third kappa shape index (κ3) is 9.95. The summed E-state index contributed by atoms with van der Waals surface area (Å²) < 4.78 is 73.1. The third-order valence-corrected chi connectivity index (χ3v) is 9.93. The maximum absolute atomic E-state index is 15.5. The lowest BCUT2D eigenvalue weighted by atomic mass is 9.95. The predicted molar refractivity (Wildman–Crippen MR) is 184 cm³/mol. The van der Waals surface area contributed by atoms with Gasteiger partial charge in [0.05, 0.1) is 34.0 Å². The molecule has 0 aliphatic heterocycles. The molecule has 9 nitrogen and oxygen atoms in total. The molecule has 280 valence electrons. The molecule has 0 radical (unpaired) electrons. The van der Waals surface area contributed by atoms with E-state index in [0.29, 0.717) is 24.1 Å². The molecule has 2 aliphatic carbocycles. The smallest absolute Gasteiger partial charge is 0.455 e. The van der Waals surface area contributed by atoms with Crippen LogP contribution < -0.4 is 16.0 Å². The number of carbonyl (C=O) groups excluding carboxylic acids is 3. The van der Waals surface area contributed by atoms with Gasteiger partial charge >= 0.3 is 12.1 Å². The number of halogens is 7. The SMILES string of the molecule is O=C(NC1CCCCCC1)C(=O)[C@H](CC1CC1)NC(=O)[C@H](Cc1cc(Cl)c(O)c(Cl)c1)N[C@@H](c1ccc(-c2cnccn2)cc1)C(F)(F)C(F)(F)F. The van der Waals surface area contributed by atoms with Crippen molar-refractivity contribution in [3.05, 3.63) is 76.2 Å². The molecule has 1 heterocycles. The molecule has 0 spiro atoms. The zero-order chi connectivity index (χ0) is 37.6. The van der Waals surface area contributed by atoms with Crippen molar-refractivity contribution in [2.24, 2.45) is 5.92 Å². The summed E-state index contributed by atoms with van der Waals surface area (Å²) in [5.41, 5.74) is 0.317. The van der Waals surface area contributed by atoms with E-state index in [-0.39, 0.29) is 34.0 Å². The van der Waals surface area contributed by atoms with Crippen molar-refractivity contribution in [2.45, 2.75) is 100 Å². The molecule has 2 saturated carbocycles. The van der Waals surface area contributed by atoms with E-state index >= 15 is 8.78 Å². The molecule has 3 atom stereocenters. The van der Waals surface area contributed by atoms with Crippen molar-refractivity contribution in [3.8, 4) is 17.0 Å². The Morgan fingerprint density at radius 1 is 0.885 bits per heavy atom. The van der Waals surface area contributed by atoms with E-state index in [0.717, 1.165) is 50.7 Å². The zero-order valence-corrected chi connectivity index (χ0v) is 29.4. The number of phenols is 1. The van der Waals surface area contributed by atoms with Crippen LogP contribution in [0.4, 0.5) is 22.0 Å². The van der Waals surface area contributed by atoms with E-state index in [9.17, 15) is 32.7 Å². The molecule has 16 heteroatoms. The molecule has 0 unspecified atom stereocenters. The standard InChI is InChI=1S/C36H38Cl2F5N5O4/c37-25-15-21(16-26(38)30(25)49)18-28(33(51)48-27(17-20-7-8-20)31(50)34(52)46-24-5-3-1-2-4-6-24)47-32(35(39,40)36(41,42)43)23-11-9-22(10-12-23)29-19-44-13-14-45-29/h9-16,19-20,24,27-28,32,47,49H,1-8,17-18H2,(H,46,52)(H,48,51)/t27-,28-,32-/m0/s1. The van der Waals surface area contributed by atoms with Crippen molar-refractivity contribution >= 4 is 40.8 Å². The predicted octanol–water partition coefficient (Wildman–Crippen LogP) is 7.29. The third-order valence-electron chi connectivity index (χ3n) is 9.36. The summed E-state index contributed by atoms with van der Waals surface area (Å²) in [7, 11) is 0. The van der Waals surface area contributed by atoms with Crippen molar-refractivity contribution < 1.29 is 41.4 Å². The highest BCUT2D eigenvalue weighted by atomic mass is 35.5. The van der Waals surface area contributed by atoms with Gasteiger partial charge in [-0.1, -0.05) is 86.0 Å². The molecule has 5 rings (SSSR count). The van der Waals surface area contributed by atoms with Crippen LogP contribution in [0.5, 0.6) is 5.75 Å². The molecule has 4 N–H and O–H groups in total. The van der Waals surface area contributed by atoms with Crippen LogP contribution in [-0.2, 0) is 20.8 Å². The van der Waals surface area contributed by atoms with Crippen LogP contribution in [0.2, 0.25) is 10.0 Å². The second-order valence-electron chi connectivity index (χ2n) is 13.4. The fraction of sp³-hybridized carbons (Fsp3) is 0.472. The lowest BCUT2D eigenvalue weighted by Crippen LogP contribution is -2.57. The molecular formula is C36H38Cl2F5N5O4. The highest BCUT2D eigenvalue weighted by Crippen LogP contribution is 2.45. The number of nitrogens with zero attached hydrogens (tertiary/aromatic N) is 2. The number of Topliss-reactive ketones (excluding diaryl/α,β-unsaturated/α-hetero) is 1. The van der Waals surface area contributed by atoms with Gasteiger partial charge in [-0.15, -0.1) is 0 Å². The number of hydrogen-bond donors (Lipinski definition) is 4. The number of aromatic hydroxyl groups is 1. The molecule has 2 aliphatic rings. The lowest BCUT2D eigenvalue weighted by molar-refractivity contribution is -0.294. The normalized spacial score (nSPS) is 17.4. The van der Waals surface area contributed by atoms with E-state index in [1.54, 1.807) is 0 Å². The topological polar surface area (TPSA) is 133 Å². The Labute approximate surface area is 307 Å². The van der Waals surface area contributed by atoms with Crippen molar-refractivity contribution in [2.75, 3.05) is 0 Å². The molecule has 1 aromatic heterocycles. The Balaban J connectivity index is 1.47. The summed E-state index contributed by atoms with van der Waals surface area (Å²) in [5.74, 6) is -8.84. The number of aromatic nitrogens is 2. The van der Waals surface area contributed by atoms with Crippen LogP contribution in [-0.4, -0.2) is 62.9 Å². The van der Waals surface area contributed by atoms with E-state index in [2.05, 4.69) is 25.9 Å². The van der Waals surface area contributed by atoms with Gasteiger partial charge in [-0.2, -0.15) is 22.0 Å². The monoisotopic (exact) mass is 769 g/mol. The number of benzene rings is 2. The van der Waals surface area contributed by atoms with Crippen LogP contribution in [0.1, 0.15) is 75.0 Å². The number of carbonyl (C=O) groups is 3. The summed E-state index contributed by atoms with van der Waals surface area (Å²) in [6, 6.07) is 0.833. The molecule has 2 aromatic carbocycles. The fourth-order valence-corrected chi connectivity index (χ4v) is 6.83. The molecule has 3 aromatic rings. The van der Waals surface area contributed by atoms with Gasteiger partial charge in [0.25, 0.3) is 5.91 Å². The second kappa shape index (κ2) is 16.9. The first-order chi connectivity index (χ1) is 24.6. The Kier molecular flexibility index (Phi) is 12.7. The number of ketones is 1. The van der Waals surface area contributed by atoms with E-state index in [1.807, 2.05) is 0 Å². The number of hydrogen-bond acceptors (Lipinski definition) is 7. The number of phenolic OH excluding ortho intramolecular Hbond substituents is 1. The molecule has 2 amide bonds. The van der Waals surface area contributed by atoms with Crippen LogP contribution in [0.15, 0.2) is 55.0 Å². The first kappa shape index (κ1) is 39.3. The molecule has 0 saturated heterocycles. The van der Waals surface area contributed by atoms with Crippen LogP contribution in [0.25, 0.3) is 11.3 Å². The van der Waals surface area contributed by atoms with Gasteiger partial charge in [-0.3, -0.25) is 29.7 Å². The maximum atomic E-state index is 15.5. The van der Waals surface area contributed by atoms with Gasteiger partial charge in [-0.25, -0.2) is 0 Å². The highest BCUT2D eigenvalue weighted by molar-refractivity contribution is 6.38. The van der Waals surface area contributed by atoms with Crippen molar-refractivity contribution in [1.82, 2.24) is 25.9 Å². The number of amides is 2. The minimum Gasteiger partial charge on any atom is -0.505 e. The Bertz CT molecular complexity index is 1700. The van der Waals surface area contributed by atoms with Gasteiger partial charge in [0, 0.05) is 24.0 Å². The van der Waals surface area contributed by atoms with E-state index < -0.39 is 65.6 Å². The molecule has 52 heavy (non-hydrogen) atoms. The largest absolute Gasteiger partial charge is 0.505 e. The molecular weight excluding hydrogens is 732 g/mol. The highest BCUT2D eigenvalue weighted by Gasteiger charge is 2.63. The Morgan fingerprint density at radius 3 is 2.08 bits per heavy atom. The summed E-state index contributed by atoms with van der Waals surface area (Å²) in [6.45, 7) is 0. The van der Waals surface area contributed by atoms with Crippen molar-refractivity contribution in [1.29, 1.82) is 0 Å². The molecule has 0 bridgehead atoms. The lowest BCUT2D eigenvalue weighted by Gasteiger charge is -2.33. The van der Waals surface area contributed by atoms with Crippen LogP contribution >= 0.6 is 23.2 Å². The Hall–Kier alpha value is -3.88. The summed E-state index contributed by atoms with van der Waals surface area (Å²) in [6.07, 6.45) is 4.30. The average molecular weight is 771 g/mol. The summed E-state index contributed by atoms with van der Waals surface area (Å²) in [4.78, 5) is 48.7. The first-order valence-corrected chi connectivity index (χ1v) is 17.8. The first-order valence-electron chi connectivity index (χ1n) is 17.0. The zero-order valence-electron chi connectivity index (χ0n) is 27.9. The maximum Gasteiger partial charge on any atom is 0.455 e. The van der Waals surface area contributed by atoms with Gasteiger partial charge in [-0.05, 0) is 54.9 Å². The number of rotatable bonds is 14. The van der Waals surface area contributed by atoms with Crippen LogP contribution in [0, 0.1) is 5.92 Å². The van der Waals surface area contributed by atoms with Crippen LogP contribution in [0.3, 0.4) is 0 Å². The number of alkyl halides is 5. The second-order valence-corrected chi connectivity index (χ2v) is 14.2. The van der Waals surface area contributed by atoms with Gasteiger partial charge in [0.15, 0.2) is 5.75 Å². The van der Waals surface area contributed by atoms with Gasteiger partial charge < -0.3 is 15.7 Å². The minimum absolute atomic E-state index is 0.0104. The average Bonchev–Trinajstić information content (AvgIpc) is 3.96. The summed E-state index contributed by atoms with van der Waals surface area (Å²) in [5, 5.41) is 17.0. The Morgan fingerprint density at radius 2 is 1.52 bits per heavy atom. The fourth-order valence-electron chi connectivity index (χ4n) is 6.30. The van der Waals surface area contributed by atoms with Crippen molar-refractivity contribution in [3.63, 3.8) is 0 Å². The number of nitrogens with one attached hydrogen (secondary N) is 3. The van der Waals surface area contributed by atoms with Gasteiger partial charge in [0.2, 0.25) is 11.7 Å².